The van der Waals surface area contributed by atoms with Gasteiger partial charge < -0.3 is 10.1 Å². The fourth-order valence-electron chi connectivity index (χ4n) is 2.58. The molecule has 0 heterocycles. The summed E-state index contributed by atoms with van der Waals surface area (Å²) < 4.78 is 5.01. The van der Waals surface area contributed by atoms with Crippen molar-refractivity contribution in [3.8, 4) is 0 Å². The molecule has 0 aliphatic heterocycles. The average Bonchev–Trinajstić information content (AvgIpc) is 2.35. The minimum absolute atomic E-state index is 0.205. The minimum atomic E-state index is -0.645. The molecule has 20 heavy (non-hydrogen) atoms. The molecule has 0 bridgehead atoms. The highest BCUT2D eigenvalue weighted by Gasteiger charge is 2.39. The van der Waals surface area contributed by atoms with Gasteiger partial charge in [-0.05, 0) is 43.2 Å². The molecule has 0 amide bonds. The van der Waals surface area contributed by atoms with Crippen LogP contribution in [0.1, 0.15) is 47.0 Å². The zero-order chi connectivity index (χ0) is 15.6. The van der Waals surface area contributed by atoms with Gasteiger partial charge in [0.1, 0.15) is 5.54 Å². The summed E-state index contributed by atoms with van der Waals surface area (Å²) in [7, 11) is 1.43. The number of azide groups is 1. The number of hydrogen-bond acceptors (Lipinski definition) is 4. The van der Waals surface area contributed by atoms with Crippen LogP contribution in [0.5, 0.6) is 0 Å². The molecule has 0 aromatic rings. The molecule has 0 atom stereocenters. The SMILES string of the molecule is COC(=O)C(CC(C)C)(CC(C)C)NCCCN=[N+]=[N-]. The molecular formula is C14H28N4O2. The van der Waals surface area contributed by atoms with Crippen molar-refractivity contribution in [3.63, 3.8) is 0 Å². The fraction of sp³-hybridized carbons (Fsp3) is 0.929. The van der Waals surface area contributed by atoms with E-state index in [0.717, 1.165) is 12.8 Å². The predicted octanol–water partition coefficient (Wildman–Crippen LogP) is 3.28. The fourth-order valence-corrected chi connectivity index (χ4v) is 2.58. The molecule has 6 nitrogen and oxygen atoms in total. The van der Waals surface area contributed by atoms with Crippen LogP contribution in [-0.4, -0.2) is 31.7 Å². The van der Waals surface area contributed by atoms with Gasteiger partial charge in [-0.15, -0.1) is 0 Å². The first-order chi connectivity index (χ1) is 9.38. The summed E-state index contributed by atoms with van der Waals surface area (Å²) in [5, 5.41) is 6.85. The van der Waals surface area contributed by atoms with Crippen LogP contribution in [-0.2, 0) is 9.53 Å². The number of ether oxygens (including phenoxy) is 1. The number of carbonyl (C=O) groups is 1. The third-order valence-electron chi connectivity index (χ3n) is 3.05. The van der Waals surface area contributed by atoms with Crippen LogP contribution in [0, 0.1) is 11.8 Å². The highest BCUT2D eigenvalue weighted by molar-refractivity contribution is 5.80. The Kier molecular flexibility index (Phi) is 9.01. The van der Waals surface area contributed by atoms with E-state index in [1.807, 2.05) is 0 Å². The molecule has 6 heteroatoms. The van der Waals surface area contributed by atoms with Gasteiger partial charge in [0.25, 0.3) is 0 Å². The van der Waals surface area contributed by atoms with Gasteiger partial charge in [0.15, 0.2) is 0 Å². The van der Waals surface area contributed by atoms with Crippen molar-refractivity contribution in [1.82, 2.24) is 5.32 Å². The largest absolute Gasteiger partial charge is 0.468 e. The zero-order valence-electron chi connectivity index (χ0n) is 13.3. The molecule has 0 saturated carbocycles. The summed E-state index contributed by atoms with van der Waals surface area (Å²) in [6, 6.07) is 0. The van der Waals surface area contributed by atoms with E-state index in [2.05, 4.69) is 43.0 Å². The number of carbonyl (C=O) groups excluding carboxylic acids is 1. The van der Waals surface area contributed by atoms with Gasteiger partial charge in [-0.25, -0.2) is 0 Å². The van der Waals surface area contributed by atoms with Crippen LogP contribution in [0.25, 0.3) is 10.4 Å². The van der Waals surface area contributed by atoms with Crippen molar-refractivity contribution in [2.75, 3.05) is 20.2 Å². The highest BCUT2D eigenvalue weighted by atomic mass is 16.5. The van der Waals surface area contributed by atoms with E-state index in [-0.39, 0.29) is 5.97 Å². The van der Waals surface area contributed by atoms with Gasteiger partial charge in [0.2, 0.25) is 0 Å². The van der Waals surface area contributed by atoms with E-state index < -0.39 is 5.54 Å². The van der Waals surface area contributed by atoms with Crippen molar-refractivity contribution >= 4 is 5.97 Å². The highest BCUT2D eigenvalue weighted by Crippen LogP contribution is 2.26. The lowest BCUT2D eigenvalue weighted by Gasteiger charge is -2.35. The molecule has 0 unspecified atom stereocenters. The van der Waals surface area contributed by atoms with Gasteiger partial charge in [0, 0.05) is 11.5 Å². The summed E-state index contributed by atoms with van der Waals surface area (Å²) in [5.41, 5.74) is 7.61. The van der Waals surface area contributed by atoms with Gasteiger partial charge >= 0.3 is 5.97 Å². The van der Waals surface area contributed by atoms with Crippen LogP contribution in [0.3, 0.4) is 0 Å². The standard InChI is InChI=1S/C14H28N4O2/c1-11(2)9-14(10-12(3)4,13(19)20-5)16-7-6-8-17-18-15/h11-12,16H,6-10H2,1-5H3. The summed E-state index contributed by atoms with van der Waals surface area (Å²) in [5.74, 6) is 0.568. The molecule has 0 radical (unpaired) electrons. The van der Waals surface area contributed by atoms with E-state index in [4.69, 9.17) is 10.3 Å². The second kappa shape index (κ2) is 9.61. The lowest BCUT2D eigenvalue weighted by molar-refractivity contribution is -0.150. The van der Waals surface area contributed by atoms with Crippen LogP contribution in [0.15, 0.2) is 5.11 Å². The number of methoxy groups -OCH3 is 1. The molecule has 0 aromatic heterocycles. The average molecular weight is 284 g/mol. The Bertz CT molecular complexity index is 326. The number of hydrogen-bond donors (Lipinski definition) is 1. The molecule has 1 N–H and O–H groups in total. The second-order valence-corrected chi connectivity index (χ2v) is 6.00. The van der Waals surface area contributed by atoms with Gasteiger partial charge in [-0.1, -0.05) is 32.8 Å². The zero-order valence-corrected chi connectivity index (χ0v) is 13.3. The van der Waals surface area contributed by atoms with Crippen molar-refractivity contribution in [2.45, 2.75) is 52.5 Å². The third-order valence-corrected chi connectivity index (χ3v) is 3.05. The van der Waals surface area contributed by atoms with Crippen molar-refractivity contribution in [1.29, 1.82) is 0 Å². The van der Waals surface area contributed by atoms with Crippen LogP contribution in [0.2, 0.25) is 0 Å². The number of rotatable bonds is 10. The Morgan fingerprint density at radius 2 is 1.85 bits per heavy atom. The number of nitrogens with zero attached hydrogens (tertiary/aromatic N) is 3. The summed E-state index contributed by atoms with van der Waals surface area (Å²) >= 11 is 0. The van der Waals surface area contributed by atoms with Gasteiger partial charge in [-0.2, -0.15) is 0 Å². The Labute approximate surface area is 121 Å². The molecule has 0 saturated heterocycles. The van der Waals surface area contributed by atoms with Crippen molar-refractivity contribution < 1.29 is 9.53 Å². The molecule has 0 aliphatic carbocycles. The topological polar surface area (TPSA) is 87.1 Å². The maximum Gasteiger partial charge on any atom is 0.326 e. The maximum absolute atomic E-state index is 12.3. The molecule has 0 rings (SSSR count). The monoisotopic (exact) mass is 284 g/mol. The Hall–Kier alpha value is -1.26. The first-order valence-corrected chi connectivity index (χ1v) is 7.22. The predicted molar refractivity (Wildman–Crippen MR) is 80.3 cm³/mol. The van der Waals surface area contributed by atoms with E-state index in [1.54, 1.807) is 0 Å². The molecule has 0 fully saturated rings. The van der Waals surface area contributed by atoms with E-state index in [0.29, 0.717) is 31.3 Å². The van der Waals surface area contributed by atoms with E-state index in [1.165, 1.54) is 7.11 Å². The molecule has 0 aliphatic rings. The van der Waals surface area contributed by atoms with Crippen LogP contribution < -0.4 is 5.32 Å². The summed E-state index contributed by atoms with van der Waals surface area (Å²) in [6.45, 7) is 9.45. The molecule has 116 valence electrons. The third kappa shape index (κ3) is 6.78. The quantitative estimate of drug-likeness (QED) is 0.219. The first-order valence-electron chi connectivity index (χ1n) is 7.22. The van der Waals surface area contributed by atoms with Crippen LogP contribution >= 0.6 is 0 Å². The lowest BCUT2D eigenvalue weighted by Crippen LogP contribution is -2.54. The first kappa shape index (κ1) is 18.7. The summed E-state index contributed by atoms with van der Waals surface area (Å²) in [4.78, 5) is 15.0. The van der Waals surface area contributed by atoms with Gasteiger partial charge in [-0.3, -0.25) is 4.79 Å². The molecule has 0 aromatic carbocycles. The minimum Gasteiger partial charge on any atom is -0.468 e. The number of nitrogens with one attached hydrogen (secondary N) is 1. The Morgan fingerprint density at radius 3 is 2.25 bits per heavy atom. The maximum atomic E-state index is 12.3. The van der Waals surface area contributed by atoms with Crippen molar-refractivity contribution in [3.05, 3.63) is 10.4 Å². The lowest BCUT2D eigenvalue weighted by atomic mass is 9.81. The normalized spacial score (nSPS) is 11.6. The Balaban J connectivity index is 4.86. The second-order valence-electron chi connectivity index (χ2n) is 6.00. The smallest absolute Gasteiger partial charge is 0.326 e. The van der Waals surface area contributed by atoms with E-state index in [9.17, 15) is 4.79 Å². The number of esters is 1. The van der Waals surface area contributed by atoms with Crippen LogP contribution in [0.4, 0.5) is 0 Å². The molecular weight excluding hydrogens is 256 g/mol. The molecule has 0 spiro atoms. The Morgan fingerprint density at radius 1 is 1.30 bits per heavy atom. The van der Waals surface area contributed by atoms with Crippen molar-refractivity contribution in [2.24, 2.45) is 17.0 Å². The van der Waals surface area contributed by atoms with E-state index >= 15 is 0 Å². The van der Waals surface area contributed by atoms with Gasteiger partial charge in [0.05, 0.1) is 7.11 Å². The summed E-state index contributed by atoms with van der Waals surface area (Å²) in [6.07, 6.45) is 2.18.